The number of nitrogens with one attached hydrogen (secondary N) is 1. The highest BCUT2D eigenvalue weighted by atomic mass is 32.2. The first-order chi connectivity index (χ1) is 14.7. The van der Waals surface area contributed by atoms with Crippen LogP contribution in [0.2, 0.25) is 0 Å². The molecule has 0 saturated carbocycles. The maximum atomic E-state index is 12.4. The summed E-state index contributed by atoms with van der Waals surface area (Å²) < 4.78 is 12.1. The maximum absolute atomic E-state index is 12.4. The Labute approximate surface area is 177 Å². The predicted octanol–water partition coefficient (Wildman–Crippen LogP) is 3.54. The summed E-state index contributed by atoms with van der Waals surface area (Å²) in [6.07, 6.45) is 0. The van der Waals surface area contributed by atoms with Crippen molar-refractivity contribution in [3.05, 3.63) is 60.7 Å². The van der Waals surface area contributed by atoms with Crippen LogP contribution in [-0.4, -0.2) is 45.7 Å². The fourth-order valence-corrected chi connectivity index (χ4v) is 3.55. The standard InChI is InChI=1S/C21H19N5O3S/c1-28-17-10-8-15(12-18(17)29-2)22-20(27)13-30-21-24-23-19-11-9-16(25-26(19)21)14-6-4-3-5-7-14/h3-12H,13H2,1-2H3,(H,22,27). The molecule has 0 radical (unpaired) electrons. The van der Waals surface area contributed by atoms with Crippen molar-refractivity contribution in [2.75, 3.05) is 25.3 Å². The summed E-state index contributed by atoms with van der Waals surface area (Å²) >= 11 is 1.26. The Balaban J connectivity index is 1.46. The second-order valence-electron chi connectivity index (χ2n) is 6.24. The van der Waals surface area contributed by atoms with Crippen LogP contribution in [0.4, 0.5) is 5.69 Å². The number of hydrogen-bond acceptors (Lipinski definition) is 7. The van der Waals surface area contributed by atoms with E-state index in [-0.39, 0.29) is 11.7 Å². The highest BCUT2D eigenvalue weighted by Crippen LogP contribution is 2.30. The molecule has 0 saturated heterocycles. The third-order valence-corrected chi connectivity index (χ3v) is 5.22. The molecule has 0 fully saturated rings. The van der Waals surface area contributed by atoms with E-state index in [1.54, 1.807) is 36.9 Å². The number of methoxy groups -OCH3 is 2. The van der Waals surface area contributed by atoms with Crippen LogP contribution < -0.4 is 14.8 Å². The molecule has 0 aliphatic rings. The van der Waals surface area contributed by atoms with E-state index in [2.05, 4.69) is 20.6 Å². The third kappa shape index (κ3) is 4.20. The molecular formula is C21H19N5O3S. The van der Waals surface area contributed by atoms with Gasteiger partial charge >= 0.3 is 0 Å². The number of amides is 1. The Bertz CT molecular complexity index is 1180. The van der Waals surface area contributed by atoms with Crippen LogP contribution in [-0.2, 0) is 4.79 Å². The zero-order valence-electron chi connectivity index (χ0n) is 16.4. The minimum Gasteiger partial charge on any atom is -0.493 e. The zero-order valence-corrected chi connectivity index (χ0v) is 17.2. The Morgan fingerprint density at radius 1 is 1.00 bits per heavy atom. The Morgan fingerprint density at radius 3 is 2.57 bits per heavy atom. The summed E-state index contributed by atoms with van der Waals surface area (Å²) in [6.45, 7) is 0. The second kappa shape index (κ2) is 8.83. The summed E-state index contributed by atoms with van der Waals surface area (Å²) in [6, 6.07) is 18.8. The van der Waals surface area contributed by atoms with Crippen molar-refractivity contribution >= 4 is 29.0 Å². The first-order valence-corrected chi connectivity index (χ1v) is 10.1. The molecule has 4 aromatic rings. The molecule has 1 amide bonds. The van der Waals surface area contributed by atoms with Crippen molar-refractivity contribution in [3.63, 3.8) is 0 Å². The number of rotatable bonds is 7. The summed E-state index contributed by atoms with van der Waals surface area (Å²) in [4.78, 5) is 12.4. The van der Waals surface area contributed by atoms with E-state index in [0.717, 1.165) is 11.3 Å². The molecule has 2 heterocycles. The largest absolute Gasteiger partial charge is 0.493 e. The van der Waals surface area contributed by atoms with Gasteiger partial charge in [0.25, 0.3) is 0 Å². The molecule has 0 atom stereocenters. The van der Waals surface area contributed by atoms with E-state index in [1.165, 1.54) is 11.8 Å². The van der Waals surface area contributed by atoms with Crippen molar-refractivity contribution in [3.8, 4) is 22.8 Å². The number of carbonyl (C=O) groups is 1. The van der Waals surface area contributed by atoms with E-state index in [9.17, 15) is 4.79 Å². The number of fused-ring (bicyclic) bond motifs is 1. The number of nitrogens with zero attached hydrogens (tertiary/aromatic N) is 4. The summed E-state index contributed by atoms with van der Waals surface area (Å²) in [5.74, 6) is 1.12. The topological polar surface area (TPSA) is 90.6 Å². The van der Waals surface area contributed by atoms with E-state index >= 15 is 0 Å². The number of anilines is 1. The molecule has 30 heavy (non-hydrogen) atoms. The zero-order chi connectivity index (χ0) is 20.9. The lowest BCUT2D eigenvalue weighted by Gasteiger charge is -2.10. The normalized spacial score (nSPS) is 10.7. The van der Waals surface area contributed by atoms with Crippen LogP contribution in [0.25, 0.3) is 16.9 Å². The van der Waals surface area contributed by atoms with E-state index in [0.29, 0.717) is 28.0 Å². The second-order valence-corrected chi connectivity index (χ2v) is 7.19. The number of hydrogen-bond donors (Lipinski definition) is 1. The molecule has 4 rings (SSSR count). The maximum Gasteiger partial charge on any atom is 0.234 e. The number of benzene rings is 2. The predicted molar refractivity (Wildman–Crippen MR) is 115 cm³/mol. The van der Waals surface area contributed by atoms with Gasteiger partial charge in [0.15, 0.2) is 17.1 Å². The Kier molecular flexibility index (Phi) is 5.80. The number of ether oxygens (including phenoxy) is 2. The van der Waals surface area contributed by atoms with Crippen molar-refractivity contribution < 1.29 is 14.3 Å². The number of thioether (sulfide) groups is 1. The van der Waals surface area contributed by atoms with E-state index in [1.807, 2.05) is 42.5 Å². The van der Waals surface area contributed by atoms with Crippen molar-refractivity contribution in [1.29, 1.82) is 0 Å². The molecule has 152 valence electrons. The fraction of sp³-hybridized carbons (Fsp3) is 0.143. The lowest BCUT2D eigenvalue weighted by molar-refractivity contribution is -0.113. The van der Waals surface area contributed by atoms with Crippen molar-refractivity contribution in [2.45, 2.75) is 5.16 Å². The van der Waals surface area contributed by atoms with Crippen LogP contribution in [0.1, 0.15) is 0 Å². The fourth-order valence-electron chi connectivity index (χ4n) is 2.86. The van der Waals surface area contributed by atoms with Gasteiger partial charge in [-0.15, -0.1) is 10.2 Å². The summed E-state index contributed by atoms with van der Waals surface area (Å²) in [5, 5.41) is 16.3. The van der Waals surface area contributed by atoms with Crippen molar-refractivity contribution in [1.82, 2.24) is 19.8 Å². The molecule has 0 spiro atoms. The molecule has 1 N–H and O–H groups in total. The summed E-state index contributed by atoms with van der Waals surface area (Å²) in [7, 11) is 3.11. The smallest absolute Gasteiger partial charge is 0.234 e. The SMILES string of the molecule is COc1ccc(NC(=O)CSc2nnc3ccc(-c4ccccc4)nn23)cc1OC. The quantitative estimate of drug-likeness (QED) is 0.457. The molecule has 9 heteroatoms. The van der Waals surface area contributed by atoms with Gasteiger partial charge in [-0.25, -0.2) is 0 Å². The van der Waals surface area contributed by atoms with Gasteiger partial charge in [-0.2, -0.15) is 9.61 Å². The van der Waals surface area contributed by atoms with Gasteiger partial charge in [-0.1, -0.05) is 42.1 Å². The van der Waals surface area contributed by atoms with Crippen LogP contribution in [0.5, 0.6) is 11.5 Å². The molecule has 0 unspecified atom stereocenters. The molecule has 0 aliphatic carbocycles. The minimum atomic E-state index is -0.178. The van der Waals surface area contributed by atoms with E-state index in [4.69, 9.17) is 9.47 Å². The van der Waals surface area contributed by atoms with E-state index < -0.39 is 0 Å². The van der Waals surface area contributed by atoms with Gasteiger partial charge in [-0.05, 0) is 24.3 Å². The monoisotopic (exact) mass is 421 g/mol. The highest BCUT2D eigenvalue weighted by Gasteiger charge is 2.13. The first-order valence-electron chi connectivity index (χ1n) is 9.10. The van der Waals surface area contributed by atoms with Crippen LogP contribution >= 0.6 is 11.8 Å². The van der Waals surface area contributed by atoms with Gasteiger partial charge in [0.05, 0.1) is 25.7 Å². The molecule has 8 nitrogen and oxygen atoms in total. The third-order valence-electron chi connectivity index (χ3n) is 4.30. The van der Waals surface area contributed by atoms with Crippen LogP contribution in [0.15, 0.2) is 65.8 Å². The molecule has 0 aliphatic heterocycles. The lowest BCUT2D eigenvalue weighted by atomic mass is 10.1. The van der Waals surface area contributed by atoms with Gasteiger partial charge in [0.1, 0.15) is 0 Å². The van der Waals surface area contributed by atoms with Crippen molar-refractivity contribution in [2.24, 2.45) is 0 Å². The Morgan fingerprint density at radius 2 is 1.80 bits per heavy atom. The summed E-state index contributed by atoms with van der Waals surface area (Å²) in [5.41, 5.74) is 3.04. The molecule has 2 aromatic heterocycles. The van der Waals surface area contributed by atoms with Crippen LogP contribution in [0.3, 0.4) is 0 Å². The molecule has 2 aromatic carbocycles. The lowest BCUT2D eigenvalue weighted by Crippen LogP contribution is -2.14. The molecule has 0 bridgehead atoms. The average molecular weight is 421 g/mol. The first kappa shape index (κ1) is 19.7. The minimum absolute atomic E-state index is 0.159. The van der Waals surface area contributed by atoms with Gasteiger partial charge in [-0.3, -0.25) is 4.79 Å². The molecular weight excluding hydrogens is 402 g/mol. The number of carbonyl (C=O) groups excluding carboxylic acids is 1. The average Bonchev–Trinajstić information content (AvgIpc) is 3.20. The van der Waals surface area contributed by atoms with Crippen LogP contribution in [0, 0.1) is 0 Å². The van der Waals surface area contributed by atoms with Gasteiger partial charge in [0, 0.05) is 17.3 Å². The van der Waals surface area contributed by atoms with Gasteiger partial charge in [0.2, 0.25) is 11.1 Å². The highest BCUT2D eigenvalue weighted by molar-refractivity contribution is 7.99. The van der Waals surface area contributed by atoms with Gasteiger partial charge < -0.3 is 14.8 Å². The number of aromatic nitrogens is 4. The Hall–Kier alpha value is -3.59.